The topological polar surface area (TPSA) is 57.6 Å². The highest BCUT2D eigenvalue weighted by Crippen LogP contribution is 2.49. The van der Waals surface area contributed by atoms with Crippen LogP contribution >= 0.6 is 11.8 Å². The molecule has 1 aromatic carbocycles. The van der Waals surface area contributed by atoms with E-state index < -0.39 is 17.0 Å². The normalized spacial score (nSPS) is 21.8. The molecule has 5 heteroatoms. The smallest absolute Gasteiger partial charge is 0.294 e. The van der Waals surface area contributed by atoms with Crippen LogP contribution in [0.25, 0.3) is 0 Å². The fourth-order valence-electron chi connectivity index (χ4n) is 2.15. The zero-order valence-corrected chi connectivity index (χ0v) is 9.82. The van der Waals surface area contributed by atoms with E-state index in [9.17, 15) is 14.7 Å². The number of carbonyl (C=O) groups excluding carboxylic acids is 2. The van der Waals surface area contributed by atoms with Crippen LogP contribution in [0.15, 0.2) is 40.5 Å². The van der Waals surface area contributed by atoms with Crippen LogP contribution in [0.5, 0.6) is 0 Å². The molecule has 4 nitrogen and oxygen atoms in total. The van der Waals surface area contributed by atoms with Gasteiger partial charge in [-0.15, -0.1) is 0 Å². The summed E-state index contributed by atoms with van der Waals surface area (Å²) in [5, 5.41) is 9.31. The molecular formula is C12H9NO3S. The van der Waals surface area contributed by atoms with Gasteiger partial charge in [0.05, 0.1) is 11.3 Å². The molecule has 0 saturated heterocycles. The number of rotatable bonds is 1. The van der Waals surface area contributed by atoms with E-state index in [0.717, 1.165) is 10.6 Å². The molecule has 0 fully saturated rings. The maximum Gasteiger partial charge on any atom is 0.294 e. The number of benzene rings is 1. The Morgan fingerprint density at radius 2 is 2.12 bits per heavy atom. The molecular weight excluding hydrogens is 238 g/mol. The van der Waals surface area contributed by atoms with Crippen LogP contribution in [0.1, 0.15) is 6.92 Å². The summed E-state index contributed by atoms with van der Waals surface area (Å²) in [6.07, 6.45) is 0. The summed E-state index contributed by atoms with van der Waals surface area (Å²) in [6, 6.07) is 7.43. The predicted molar refractivity (Wildman–Crippen MR) is 63.9 cm³/mol. The molecule has 0 bridgehead atoms. The van der Waals surface area contributed by atoms with Gasteiger partial charge in [-0.3, -0.25) is 14.5 Å². The maximum absolute atomic E-state index is 11.9. The van der Waals surface area contributed by atoms with Gasteiger partial charge in [0.2, 0.25) is 0 Å². The second kappa shape index (κ2) is 3.37. The number of anilines is 1. The number of hydrogen-bond donors (Lipinski definition) is 1. The van der Waals surface area contributed by atoms with Gasteiger partial charge in [-0.05, 0) is 19.1 Å². The van der Waals surface area contributed by atoms with Gasteiger partial charge in [0, 0.05) is 4.90 Å². The molecule has 1 unspecified atom stereocenters. The molecule has 1 N–H and O–H groups in total. The van der Waals surface area contributed by atoms with Crippen molar-refractivity contribution in [3.63, 3.8) is 0 Å². The monoisotopic (exact) mass is 247 g/mol. The third-order valence-corrected chi connectivity index (χ3v) is 4.17. The zero-order chi connectivity index (χ0) is 12.2. The van der Waals surface area contributed by atoms with E-state index in [2.05, 4.69) is 0 Å². The molecule has 1 atom stereocenters. The Bertz CT molecular complexity index is 579. The summed E-state index contributed by atoms with van der Waals surface area (Å²) >= 11 is 1.42. The average molecular weight is 247 g/mol. The van der Waals surface area contributed by atoms with Crippen molar-refractivity contribution < 1.29 is 14.7 Å². The van der Waals surface area contributed by atoms with Crippen molar-refractivity contribution in [2.75, 3.05) is 4.90 Å². The lowest BCUT2D eigenvalue weighted by molar-refractivity contribution is -0.117. The van der Waals surface area contributed by atoms with Gasteiger partial charge in [-0.1, -0.05) is 23.9 Å². The Labute approximate surface area is 102 Å². The highest BCUT2D eigenvalue weighted by atomic mass is 32.2. The predicted octanol–water partition coefficient (Wildman–Crippen LogP) is 1.87. The number of para-hydroxylation sites is 1. The van der Waals surface area contributed by atoms with Crippen molar-refractivity contribution in [1.29, 1.82) is 0 Å². The number of carbonyl (C=O) groups is 2. The SMILES string of the molecule is CC(=O)C1=C(O)C(=O)N2c3ccccc3SC12. The Morgan fingerprint density at radius 3 is 2.82 bits per heavy atom. The van der Waals surface area contributed by atoms with Crippen LogP contribution in [-0.4, -0.2) is 22.2 Å². The molecule has 0 aliphatic carbocycles. The molecule has 2 aliphatic rings. The van der Waals surface area contributed by atoms with E-state index in [1.54, 1.807) is 0 Å². The Balaban J connectivity index is 2.14. The number of thioether (sulfide) groups is 1. The van der Waals surface area contributed by atoms with Crippen LogP contribution in [0.2, 0.25) is 0 Å². The summed E-state index contributed by atoms with van der Waals surface area (Å²) in [7, 11) is 0. The van der Waals surface area contributed by atoms with Gasteiger partial charge in [0.15, 0.2) is 11.5 Å². The quantitative estimate of drug-likeness (QED) is 0.823. The van der Waals surface area contributed by atoms with Crippen molar-refractivity contribution in [3.05, 3.63) is 35.6 Å². The first-order valence-corrected chi connectivity index (χ1v) is 6.02. The van der Waals surface area contributed by atoms with Gasteiger partial charge in [-0.25, -0.2) is 0 Å². The molecule has 1 aromatic rings. The first-order valence-electron chi connectivity index (χ1n) is 5.14. The van der Waals surface area contributed by atoms with Crippen LogP contribution in [0, 0.1) is 0 Å². The Hall–Kier alpha value is -1.75. The van der Waals surface area contributed by atoms with Crippen LogP contribution in [-0.2, 0) is 9.59 Å². The van der Waals surface area contributed by atoms with Gasteiger partial charge in [-0.2, -0.15) is 0 Å². The molecule has 86 valence electrons. The van der Waals surface area contributed by atoms with Gasteiger partial charge < -0.3 is 5.11 Å². The largest absolute Gasteiger partial charge is 0.503 e. The van der Waals surface area contributed by atoms with E-state index in [1.807, 2.05) is 24.3 Å². The molecule has 0 radical (unpaired) electrons. The fourth-order valence-corrected chi connectivity index (χ4v) is 3.54. The second-order valence-corrected chi connectivity index (χ2v) is 5.05. The molecule has 17 heavy (non-hydrogen) atoms. The standard InChI is InChI=1S/C12H9NO3S/c1-6(14)9-10(15)11(16)13-7-4-2-3-5-8(7)17-12(9)13/h2-5,12,15H,1H3. The first kappa shape index (κ1) is 10.4. The number of Topliss-reactive ketones (excluding diaryl/α,β-unsaturated/α-hetero) is 1. The second-order valence-electron chi connectivity index (χ2n) is 3.93. The van der Waals surface area contributed by atoms with Gasteiger partial charge in [0.25, 0.3) is 5.91 Å². The van der Waals surface area contributed by atoms with E-state index in [0.29, 0.717) is 0 Å². The zero-order valence-electron chi connectivity index (χ0n) is 9.01. The van der Waals surface area contributed by atoms with Crippen molar-refractivity contribution in [1.82, 2.24) is 0 Å². The molecule has 3 rings (SSSR count). The van der Waals surface area contributed by atoms with Crippen LogP contribution in [0.4, 0.5) is 5.69 Å². The summed E-state index contributed by atoms with van der Waals surface area (Å²) in [4.78, 5) is 25.8. The Kier molecular flexibility index (Phi) is 2.06. The first-order chi connectivity index (χ1) is 8.11. The van der Waals surface area contributed by atoms with Crippen LogP contribution in [0.3, 0.4) is 0 Å². The van der Waals surface area contributed by atoms with E-state index in [-0.39, 0.29) is 11.4 Å². The number of nitrogens with zero attached hydrogens (tertiary/aromatic N) is 1. The minimum absolute atomic E-state index is 0.205. The number of hydrogen-bond acceptors (Lipinski definition) is 4. The molecule has 2 heterocycles. The third kappa shape index (κ3) is 1.26. The van der Waals surface area contributed by atoms with Gasteiger partial charge >= 0.3 is 0 Å². The van der Waals surface area contributed by atoms with Crippen molar-refractivity contribution in [2.45, 2.75) is 17.2 Å². The number of ketones is 1. The number of fused-ring (bicyclic) bond motifs is 3. The summed E-state index contributed by atoms with van der Waals surface area (Å²) < 4.78 is 0. The average Bonchev–Trinajstić information content (AvgIpc) is 2.76. The maximum atomic E-state index is 11.9. The summed E-state index contributed by atoms with van der Waals surface area (Å²) in [5.41, 5.74) is 0.964. The van der Waals surface area contributed by atoms with E-state index in [1.165, 1.54) is 23.6 Å². The summed E-state index contributed by atoms with van der Waals surface area (Å²) in [6.45, 7) is 1.37. The minimum Gasteiger partial charge on any atom is -0.503 e. The van der Waals surface area contributed by atoms with Crippen LogP contribution < -0.4 is 4.90 Å². The van der Waals surface area contributed by atoms with E-state index >= 15 is 0 Å². The number of amides is 1. The lowest BCUT2D eigenvalue weighted by atomic mass is 10.2. The molecule has 0 aromatic heterocycles. The van der Waals surface area contributed by atoms with Crippen molar-refractivity contribution in [3.8, 4) is 0 Å². The minimum atomic E-state index is -0.488. The molecule has 1 amide bonds. The molecule has 0 saturated carbocycles. The number of aliphatic hydroxyl groups is 1. The summed E-state index contributed by atoms with van der Waals surface area (Å²) in [5.74, 6) is -1.16. The lowest BCUT2D eigenvalue weighted by Gasteiger charge is -2.16. The van der Waals surface area contributed by atoms with Gasteiger partial charge in [0.1, 0.15) is 5.37 Å². The fraction of sp³-hybridized carbons (Fsp3) is 0.167. The third-order valence-electron chi connectivity index (χ3n) is 2.90. The highest BCUT2D eigenvalue weighted by molar-refractivity contribution is 8.00. The lowest BCUT2D eigenvalue weighted by Crippen LogP contribution is -2.30. The molecule has 0 spiro atoms. The highest BCUT2D eigenvalue weighted by Gasteiger charge is 2.47. The van der Waals surface area contributed by atoms with Crippen molar-refractivity contribution in [2.24, 2.45) is 0 Å². The van der Waals surface area contributed by atoms with E-state index in [4.69, 9.17) is 0 Å². The number of aliphatic hydroxyl groups excluding tert-OH is 1. The van der Waals surface area contributed by atoms with Crippen molar-refractivity contribution >= 4 is 29.1 Å². The Morgan fingerprint density at radius 1 is 1.41 bits per heavy atom. The molecule has 2 aliphatic heterocycles.